The Morgan fingerprint density at radius 3 is 2.73 bits per heavy atom. The summed E-state index contributed by atoms with van der Waals surface area (Å²) in [5.74, 6) is 1.03. The van der Waals surface area contributed by atoms with Gasteiger partial charge in [0.15, 0.2) is 0 Å². The van der Waals surface area contributed by atoms with E-state index in [1.165, 1.54) is 12.8 Å². The highest BCUT2D eigenvalue weighted by Crippen LogP contribution is 2.18. The van der Waals surface area contributed by atoms with E-state index in [9.17, 15) is 4.79 Å². The third kappa shape index (κ3) is 3.08. The molecule has 2 fully saturated rings. The zero-order valence-corrected chi connectivity index (χ0v) is 10.2. The van der Waals surface area contributed by atoms with Crippen LogP contribution in [0.4, 0.5) is 0 Å². The minimum absolute atomic E-state index is 0. The number of hydrogen-bond acceptors (Lipinski definition) is 2. The van der Waals surface area contributed by atoms with E-state index in [4.69, 9.17) is 0 Å². The minimum Gasteiger partial charge on any atom is -0.341 e. The maximum absolute atomic E-state index is 12.0. The first-order valence-electron chi connectivity index (χ1n) is 5.79. The van der Waals surface area contributed by atoms with E-state index in [1.54, 1.807) is 0 Å². The van der Waals surface area contributed by atoms with E-state index in [2.05, 4.69) is 17.1 Å². The first-order chi connectivity index (χ1) is 6.77. The number of rotatable bonds is 1. The standard InChI is InChI=1S/C11H20N2O.ClH/c1-9-4-3-7-13(8-9)11(14)10-5-2-6-12-10;/h9-10,12H,2-8H2,1H3;1H/t9?,10-;/m1./s1. The molecule has 2 rings (SSSR count). The molecule has 4 heteroatoms. The van der Waals surface area contributed by atoms with Gasteiger partial charge in [0.1, 0.15) is 0 Å². The van der Waals surface area contributed by atoms with Gasteiger partial charge in [-0.15, -0.1) is 12.4 Å². The van der Waals surface area contributed by atoms with Crippen LogP contribution >= 0.6 is 12.4 Å². The molecule has 2 atom stereocenters. The van der Waals surface area contributed by atoms with E-state index in [1.807, 2.05) is 0 Å². The molecule has 2 saturated heterocycles. The molecular weight excluding hydrogens is 212 g/mol. The molecule has 0 radical (unpaired) electrons. The van der Waals surface area contributed by atoms with Gasteiger partial charge in [-0.1, -0.05) is 6.92 Å². The Morgan fingerprint density at radius 2 is 2.13 bits per heavy atom. The lowest BCUT2D eigenvalue weighted by atomic mass is 9.99. The van der Waals surface area contributed by atoms with Crippen molar-refractivity contribution in [2.24, 2.45) is 5.92 Å². The number of amides is 1. The molecule has 0 aromatic carbocycles. The number of likely N-dealkylation sites (tertiary alicyclic amines) is 1. The molecule has 0 aliphatic carbocycles. The minimum atomic E-state index is 0. The monoisotopic (exact) mass is 232 g/mol. The van der Waals surface area contributed by atoms with Crippen molar-refractivity contribution >= 4 is 18.3 Å². The molecule has 15 heavy (non-hydrogen) atoms. The van der Waals surface area contributed by atoms with Crippen molar-refractivity contribution in [2.75, 3.05) is 19.6 Å². The van der Waals surface area contributed by atoms with Crippen molar-refractivity contribution in [3.63, 3.8) is 0 Å². The van der Waals surface area contributed by atoms with Gasteiger partial charge in [-0.2, -0.15) is 0 Å². The number of hydrogen-bond donors (Lipinski definition) is 1. The average molecular weight is 233 g/mol. The van der Waals surface area contributed by atoms with Gasteiger partial charge in [0.25, 0.3) is 0 Å². The van der Waals surface area contributed by atoms with E-state index in [-0.39, 0.29) is 18.4 Å². The third-order valence-corrected chi connectivity index (χ3v) is 3.33. The van der Waals surface area contributed by atoms with Crippen LogP contribution in [0.1, 0.15) is 32.6 Å². The van der Waals surface area contributed by atoms with Crippen LogP contribution in [-0.2, 0) is 4.79 Å². The van der Waals surface area contributed by atoms with Crippen molar-refractivity contribution in [1.29, 1.82) is 0 Å². The van der Waals surface area contributed by atoms with Crippen molar-refractivity contribution in [3.05, 3.63) is 0 Å². The molecule has 3 nitrogen and oxygen atoms in total. The number of carbonyl (C=O) groups is 1. The number of piperidine rings is 1. The molecular formula is C11H21ClN2O. The fourth-order valence-electron chi connectivity index (χ4n) is 2.51. The predicted octanol–water partition coefficient (Wildman–Crippen LogP) is 1.42. The van der Waals surface area contributed by atoms with Crippen LogP contribution in [0.5, 0.6) is 0 Å². The van der Waals surface area contributed by atoms with Crippen LogP contribution in [0.2, 0.25) is 0 Å². The molecule has 0 aromatic heterocycles. The quantitative estimate of drug-likeness (QED) is 0.742. The second-order valence-electron chi connectivity index (χ2n) is 4.68. The fraction of sp³-hybridized carbons (Fsp3) is 0.909. The molecule has 0 bridgehead atoms. The highest BCUT2D eigenvalue weighted by molar-refractivity contribution is 5.85. The highest BCUT2D eigenvalue weighted by atomic mass is 35.5. The van der Waals surface area contributed by atoms with Gasteiger partial charge in [-0.05, 0) is 38.1 Å². The second-order valence-corrected chi connectivity index (χ2v) is 4.68. The molecule has 1 N–H and O–H groups in total. The molecule has 1 unspecified atom stereocenters. The van der Waals surface area contributed by atoms with Crippen LogP contribution in [-0.4, -0.2) is 36.5 Å². The summed E-state index contributed by atoms with van der Waals surface area (Å²) in [4.78, 5) is 14.1. The summed E-state index contributed by atoms with van der Waals surface area (Å²) >= 11 is 0. The zero-order chi connectivity index (χ0) is 9.97. The number of halogens is 1. The van der Waals surface area contributed by atoms with Crippen LogP contribution < -0.4 is 5.32 Å². The van der Waals surface area contributed by atoms with Crippen LogP contribution in [0, 0.1) is 5.92 Å². The molecule has 0 spiro atoms. The van der Waals surface area contributed by atoms with Gasteiger partial charge in [0.2, 0.25) is 5.91 Å². The first-order valence-corrected chi connectivity index (χ1v) is 5.79. The Labute approximate surface area is 98.0 Å². The summed E-state index contributed by atoms with van der Waals surface area (Å²) in [5.41, 5.74) is 0. The van der Waals surface area contributed by atoms with Crippen molar-refractivity contribution in [2.45, 2.75) is 38.6 Å². The van der Waals surface area contributed by atoms with Gasteiger partial charge in [-0.25, -0.2) is 0 Å². The summed E-state index contributed by atoms with van der Waals surface area (Å²) in [7, 11) is 0. The fourth-order valence-corrected chi connectivity index (χ4v) is 2.51. The van der Waals surface area contributed by atoms with E-state index < -0.39 is 0 Å². The van der Waals surface area contributed by atoms with Crippen molar-refractivity contribution in [3.8, 4) is 0 Å². The largest absolute Gasteiger partial charge is 0.341 e. The Bertz CT molecular complexity index is 217. The summed E-state index contributed by atoms with van der Waals surface area (Å²) < 4.78 is 0. The molecule has 0 saturated carbocycles. The average Bonchev–Trinajstić information content (AvgIpc) is 2.69. The Morgan fingerprint density at radius 1 is 1.33 bits per heavy atom. The maximum atomic E-state index is 12.0. The second kappa shape index (κ2) is 5.71. The van der Waals surface area contributed by atoms with E-state index in [0.29, 0.717) is 11.8 Å². The zero-order valence-electron chi connectivity index (χ0n) is 9.37. The van der Waals surface area contributed by atoms with E-state index in [0.717, 1.165) is 32.5 Å². The Kier molecular flexibility index (Phi) is 4.87. The summed E-state index contributed by atoms with van der Waals surface area (Å²) in [6.45, 7) is 5.19. The number of nitrogens with zero attached hydrogens (tertiary/aromatic N) is 1. The van der Waals surface area contributed by atoms with Crippen molar-refractivity contribution in [1.82, 2.24) is 10.2 Å². The van der Waals surface area contributed by atoms with Crippen molar-refractivity contribution < 1.29 is 4.79 Å². The van der Waals surface area contributed by atoms with Gasteiger partial charge >= 0.3 is 0 Å². The number of nitrogens with one attached hydrogen (secondary N) is 1. The topological polar surface area (TPSA) is 32.3 Å². The van der Waals surface area contributed by atoms with Gasteiger partial charge in [-0.3, -0.25) is 4.79 Å². The lowest BCUT2D eigenvalue weighted by molar-refractivity contribution is -0.134. The van der Waals surface area contributed by atoms with Crippen LogP contribution in [0.15, 0.2) is 0 Å². The maximum Gasteiger partial charge on any atom is 0.239 e. The molecule has 0 aromatic rings. The van der Waals surface area contributed by atoms with Crippen LogP contribution in [0.25, 0.3) is 0 Å². The third-order valence-electron chi connectivity index (χ3n) is 3.33. The van der Waals surface area contributed by atoms with Gasteiger partial charge in [0, 0.05) is 13.1 Å². The smallest absolute Gasteiger partial charge is 0.239 e. The van der Waals surface area contributed by atoms with E-state index >= 15 is 0 Å². The summed E-state index contributed by atoms with van der Waals surface area (Å²) in [6.07, 6.45) is 4.64. The van der Waals surface area contributed by atoms with Gasteiger partial charge < -0.3 is 10.2 Å². The number of carbonyl (C=O) groups excluding carboxylic acids is 1. The highest BCUT2D eigenvalue weighted by Gasteiger charge is 2.28. The Hall–Kier alpha value is -0.280. The summed E-state index contributed by atoms with van der Waals surface area (Å²) in [5, 5.41) is 3.28. The molecule has 1 amide bonds. The lowest BCUT2D eigenvalue weighted by Crippen LogP contribution is -2.47. The van der Waals surface area contributed by atoms with Gasteiger partial charge in [0.05, 0.1) is 6.04 Å². The normalized spacial score (nSPS) is 31.1. The van der Waals surface area contributed by atoms with Crippen LogP contribution in [0.3, 0.4) is 0 Å². The molecule has 2 aliphatic rings. The first kappa shape index (κ1) is 12.8. The lowest BCUT2D eigenvalue weighted by Gasteiger charge is -2.32. The molecule has 88 valence electrons. The summed E-state index contributed by atoms with van der Waals surface area (Å²) in [6, 6.07) is 0.125. The molecule has 2 heterocycles. The SMILES string of the molecule is CC1CCCN(C(=O)[C@H]2CCCN2)C1.Cl. The predicted molar refractivity (Wildman–Crippen MR) is 63.3 cm³/mol. The Balaban J connectivity index is 0.00000112. The molecule has 2 aliphatic heterocycles.